The van der Waals surface area contributed by atoms with Crippen molar-refractivity contribution in [3.05, 3.63) is 34.9 Å². The van der Waals surface area contributed by atoms with Gasteiger partial charge in [0.25, 0.3) is 0 Å². The van der Waals surface area contributed by atoms with Gasteiger partial charge in [0.2, 0.25) is 5.91 Å². The van der Waals surface area contributed by atoms with Crippen molar-refractivity contribution in [2.24, 2.45) is 0 Å². The molecule has 18 heavy (non-hydrogen) atoms. The fourth-order valence-electron chi connectivity index (χ4n) is 2.10. The molecule has 0 saturated carbocycles. The SMILES string of the molecule is Cc1ccc(C(C)NC(=O)CCCCO)c(C)c1. The van der Waals surface area contributed by atoms with Crippen LogP contribution in [0.2, 0.25) is 0 Å². The predicted octanol–water partition coefficient (Wildman–Crippen LogP) is 2.64. The first-order valence-electron chi connectivity index (χ1n) is 6.52. The molecule has 0 aliphatic heterocycles. The van der Waals surface area contributed by atoms with E-state index in [-0.39, 0.29) is 18.6 Å². The summed E-state index contributed by atoms with van der Waals surface area (Å²) in [6.07, 6.45) is 1.91. The summed E-state index contributed by atoms with van der Waals surface area (Å²) in [5.41, 5.74) is 3.60. The summed E-state index contributed by atoms with van der Waals surface area (Å²) in [5.74, 6) is 0.0518. The van der Waals surface area contributed by atoms with Crippen LogP contribution in [0.5, 0.6) is 0 Å². The molecule has 0 heterocycles. The summed E-state index contributed by atoms with van der Waals surface area (Å²) < 4.78 is 0. The Hall–Kier alpha value is -1.35. The molecule has 0 aliphatic rings. The summed E-state index contributed by atoms with van der Waals surface area (Å²) >= 11 is 0. The average Bonchev–Trinajstić information content (AvgIpc) is 2.28. The Morgan fingerprint density at radius 3 is 2.67 bits per heavy atom. The first kappa shape index (κ1) is 14.7. The molecule has 1 unspecified atom stereocenters. The minimum absolute atomic E-state index is 0.0345. The van der Waals surface area contributed by atoms with Crippen LogP contribution >= 0.6 is 0 Å². The molecule has 3 nitrogen and oxygen atoms in total. The van der Waals surface area contributed by atoms with Gasteiger partial charge in [-0.15, -0.1) is 0 Å². The van der Waals surface area contributed by atoms with Gasteiger partial charge in [-0.1, -0.05) is 23.8 Å². The van der Waals surface area contributed by atoms with Crippen molar-refractivity contribution in [2.75, 3.05) is 6.61 Å². The number of benzene rings is 1. The van der Waals surface area contributed by atoms with Gasteiger partial charge in [0.15, 0.2) is 0 Å². The second-order valence-corrected chi connectivity index (χ2v) is 4.83. The number of aliphatic hydroxyl groups excluding tert-OH is 1. The number of aryl methyl sites for hydroxylation is 2. The molecule has 1 atom stereocenters. The van der Waals surface area contributed by atoms with Crippen molar-refractivity contribution in [1.82, 2.24) is 5.32 Å². The third-order valence-corrected chi connectivity index (χ3v) is 3.08. The molecule has 2 N–H and O–H groups in total. The zero-order valence-corrected chi connectivity index (χ0v) is 11.5. The maximum atomic E-state index is 11.7. The van der Waals surface area contributed by atoms with Crippen molar-refractivity contribution in [3.8, 4) is 0 Å². The van der Waals surface area contributed by atoms with Crippen LogP contribution < -0.4 is 5.32 Å². The molecule has 0 spiro atoms. The molecule has 0 bridgehead atoms. The lowest BCUT2D eigenvalue weighted by atomic mass is 10.00. The number of rotatable bonds is 6. The van der Waals surface area contributed by atoms with Crippen LogP contribution in [0.25, 0.3) is 0 Å². The highest BCUT2D eigenvalue weighted by molar-refractivity contribution is 5.76. The van der Waals surface area contributed by atoms with Gasteiger partial charge < -0.3 is 10.4 Å². The van der Waals surface area contributed by atoms with Crippen molar-refractivity contribution in [1.29, 1.82) is 0 Å². The van der Waals surface area contributed by atoms with Gasteiger partial charge in [0.05, 0.1) is 6.04 Å². The molecular weight excluding hydrogens is 226 g/mol. The minimum Gasteiger partial charge on any atom is -0.396 e. The lowest BCUT2D eigenvalue weighted by molar-refractivity contribution is -0.121. The van der Waals surface area contributed by atoms with E-state index in [0.717, 1.165) is 12.0 Å². The van der Waals surface area contributed by atoms with Crippen LogP contribution in [0.15, 0.2) is 18.2 Å². The Kier molecular flexibility index (Phi) is 5.86. The van der Waals surface area contributed by atoms with Gasteiger partial charge >= 0.3 is 0 Å². The van der Waals surface area contributed by atoms with Crippen molar-refractivity contribution >= 4 is 5.91 Å². The average molecular weight is 249 g/mol. The molecule has 1 amide bonds. The second-order valence-electron chi connectivity index (χ2n) is 4.83. The summed E-state index contributed by atoms with van der Waals surface area (Å²) in [7, 11) is 0. The molecule has 100 valence electrons. The smallest absolute Gasteiger partial charge is 0.220 e. The predicted molar refractivity (Wildman–Crippen MR) is 73.4 cm³/mol. The van der Waals surface area contributed by atoms with Crippen molar-refractivity contribution in [3.63, 3.8) is 0 Å². The van der Waals surface area contributed by atoms with Crippen LogP contribution in [0.3, 0.4) is 0 Å². The zero-order chi connectivity index (χ0) is 13.5. The van der Waals surface area contributed by atoms with Gasteiger partial charge in [0, 0.05) is 13.0 Å². The Bertz CT molecular complexity index is 401. The van der Waals surface area contributed by atoms with Gasteiger partial charge in [0.1, 0.15) is 0 Å². The molecule has 0 saturated heterocycles. The van der Waals surface area contributed by atoms with E-state index in [1.165, 1.54) is 11.1 Å². The van der Waals surface area contributed by atoms with E-state index in [0.29, 0.717) is 12.8 Å². The van der Waals surface area contributed by atoms with E-state index in [9.17, 15) is 4.79 Å². The third-order valence-electron chi connectivity index (χ3n) is 3.08. The molecule has 0 aliphatic carbocycles. The molecule has 0 fully saturated rings. The Morgan fingerprint density at radius 2 is 2.06 bits per heavy atom. The summed E-state index contributed by atoms with van der Waals surface area (Å²) in [5, 5.41) is 11.7. The van der Waals surface area contributed by atoms with Gasteiger partial charge in [-0.25, -0.2) is 0 Å². The maximum Gasteiger partial charge on any atom is 0.220 e. The second kappa shape index (κ2) is 7.17. The molecule has 0 radical (unpaired) electrons. The van der Waals surface area contributed by atoms with E-state index in [2.05, 4.69) is 37.4 Å². The first-order valence-corrected chi connectivity index (χ1v) is 6.52. The van der Waals surface area contributed by atoms with Gasteiger partial charge in [-0.05, 0) is 44.7 Å². The monoisotopic (exact) mass is 249 g/mol. The maximum absolute atomic E-state index is 11.7. The lowest BCUT2D eigenvalue weighted by Gasteiger charge is -2.17. The summed E-state index contributed by atoms with van der Waals surface area (Å²) in [6.45, 7) is 6.28. The number of nitrogens with one attached hydrogen (secondary N) is 1. The van der Waals surface area contributed by atoms with Crippen LogP contribution in [0.4, 0.5) is 0 Å². The number of hydrogen-bond acceptors (Lipinski definition) is 2. The topological polar surface area (TPSA) is 49.3 Å². The summed E-state index contributed by atoms with van der Waals surface area (Å²) in [4.78, 5) is 11.7. The van der Waals surface area contributed by atoms with Gasteiger partial charge in [-0.2, -0.15) is 0 Å². The van der Waals surface area contributed by atoms with Crippen molar-refractivity contribution in [2.45, 2.75) is 46.1 Å². The highest BCUT2D eigenvalue weighted by Crippen LogP contribution is 2.18. The number of carbonyl (C=O) groups excluding carboxylic acids is 1. The van der Waals surface area contributed by atoms with E-state index in [1.807, 2.05) is 6.92 Å². The van der Waals surface area contributed by atoms with Crippen LogP contribution in [-0.2, 0) is 4.79 Å². The Morgan fingerprint density at radius 1 is 1.33 bits per heavy atom. The normalized spacial score (nSPS) is 12.2. The quantitative estimate of drug-likeness (QED) is 0.761. The summed E-state index contributed by atoms with van der Waals surface area (Å²) in [6, 6.07) is 6.30. The fourth-order valence-corrected chi connectivity index (χ4v) is 2.10. The third kappa shape index (κ3) is 4.49. The number of aliphatic hydroxyl groups is 1. The van der Waals surface area contributed by atoms with Crippen LogP contribution in [0, 0.1) is 13.8 Å². The number of amides is 1. The fraction of sp³-hybridized carbons (Fsp3) is 0.533. The Balaban J connectivity index is 2.54. The first-order chi connectivity index (χ1) is 8.54. The molecule has 1 rings (SSSR count). The molecular formula is C15H23NO2. The van der Waals surface area contributed by atoms with Crippen LogP contribution in [-0.4, -0.2) is 17.6 Å². The number of carbonyl (C=O) groups is 1. The highest BCUT2D eigenvalue weighted by atomic mass is 16.2. The zero-order valence-electron chi connectivity index (χ0n) is 11.5. The number of hydrogen-bond donors (Lipinski definition) is 2. The van der Waals surface area contributed by atoms with Crippen molar-refractivity contribution < 1.29 is 9.90 Å². The molecule has 3 heteroatoms. The van der Waals surface area contributed by atoms with E-state index in [4.69, 9.17) is 5.11 Å². The Labute approximate surface area is 109 Å². The van der Waals surface area contributed by atoms with E-state index >= 15 is 0 Å². The highest BCUT2D eigenvalue weighted by Gasteiger charge is 2.11. The molecule has 0 aromatic heterocycles. The van der Waals surface area contributed by atoms with Crippen LogP contribution in [0.1, 0.15) is 48.9 Å². The number of unbranched alkanes of at least 4 members (excludes halogenated alkanes) is 1. The minimum atomic E-state index is 0.0345. The van der Waals surface area contributed by atoms with E-state index < -0.39 is 0 Å². The van der Waals surface area contributed by atoms with E-state index in [1.54, 1.807) is 0 Å². The van der Waals surface area contributed by atoms with Gasteiger partial charge in [-0.3, -0.25) is 4.79 Å². The molecule has 1 aromatic carbocycles. The molecule has 1 aromatic rings. The standard InChI is InChI=1S/C15H23NO2/c1-11-7-8-14(12(2)10-11)13(3)16-15(18)6-4-5-9-17/h7-8,10,13,17H,4-6,9H2,1-3H3,(H,16,18). The largest absolute Gasteiger partial charge is 0.396 e. The lowest BCUT2D eigenvalue weighted by Crippen LogP contribution is -2.26.